The number of aromatic nitrogens is 2. The maximum Gasteiger partial charge on any atom is 0.220 e. The number of amides is 1. The zero-order valence-electron chi connectivity index (χ0n) is 16.5. The molecule has 27 heavy (non-hydrogen) atoms. The van der Waals surface area contributed by atoms with Crippen LogP contribution in [0.15, 0.2) is 42.7 Å². The van der Waals surface area contributed by atoms with Gasteiger partial charge in [-0.1, -0.05) is 18.2 Å². The van der Waals surface area contributed by atoms with E-state index in [1.807, 2.05) is 47.4 Å². The molecule has 3 rings (SSSR count). The highest BCUT2D eigenvalue weighted by atomic mass is 16.5. The highest BCUT2D eigenvalue weighted by Gasteiger charge is 2.25. The monoisotopic (exact) mass is 370 g/mol. The Morgan fingerprint density at radius 3 is 2.67 bits per heavy atom. The summed E-state index contributed by atoms with van der Waals surface area (Å²) in [6.07, 6.45) is 5.48. The summed E-state index contributed by atoms with van der Waals surface area (Å²) in [5, 5.41) is 7.45. The molecule has 1 saturated heterocycles. The van der Waals surface area contributed by atoms with E-state index in [1.165, 1.54) is 0 Å². The average molecular weight is 370 g/mol. The molecular weight excluding hydrogens is 340 g/mol. The molecule has 1 aliphatic heterocycles. The molecule has 6 heteroatoms. The van der Waals surface area contributed by atoms with Gasteiger partial charge in [0.2, 0.25) is 5.91 Å². The zero-order chi connectivity index (χ0) is 19.2. The van der Waals surface area contributed by atoms with Crippen LogP contribution in [0.5, 0.6) is 0 Å². The Hall–Kier alpha value is -2.18. The number of carbonyl (C=O) groups excluding carboxylic acids is 1. The van der Waals surface area contributed by atoms with Gasteiger partial charge in [-0.05, 0) is 44.9 Å². The first-order valence-corrected chi connectivity index (χ1v) is 9.76. The van der Waals surface area contributed by atoms with Crippen LogP contribution >= 0.6 is 0 Å². The van der Waals surface area contributed by atoms with Gasteiger partial charge in [0.1, 0.15) is 0 Å². The van der Waals surface area contributed by atoms with E-state index in [0.29, 0.717) is 25.4 Å². The molecule has 1 amide bonds. The summed E-state index contributed by atoms with van der Waals surface area (Å²) in [7, 11) is 0. The summed E-state index contributed by atoms with van der Waals surface area (Å²) in [6.45, 7) is 8.86. The summed E-state index contributed by atoms with van der Waals surface area (Å²) in [4.78, 5) is 14.6. The lowest BCUT2D eigenvalue weighted by Gasteiger charge is -2.39. The Bertz CT molecular complexity index is 721. The minimum absolute atomic E-state index is 0.0867. The molecule has 6 nitrogen and oxygen atoms in total. The van der Waals surface area contributed by atoms with Crippen LogP contribution in [-0.4, -0.2) is 58.5 Å². The van der Waals surface area contributed by atoms with Gasteiger partial charge in [-0.15, -0.1) is 0 Å². The Kier molecular flexibility index (Phi) is 6.63. The van der Waals surface area contributed by atoms with Crippen LogP contribution in [0, 0.1) is 0 Å². The number of hydrogen-bond acceptors (Lipinski definition) is 4. The van der Waals surface area contributed by atoms with Crippen molar-refractivity contribution in [3.63, 3.8) is 0 Å². The third-order valence-electron chi connectivity index (χ3n) is 4.96. The second-order valence-corrected chi connectivity index (χ2v) is 7.49. The maximum atomic E-state index is 12.2. The SMILES string of the molecule is C[C@@H]1CN([C@H](C)CNC(=O)CCc2cnn(-c3ccccc3)c2)C[C@H](C)O1. The molecule has 0 spiro atoms. The van der Waals surface area contributed by atoms with Crippen LogP contribution in [0.4, 0.5) is 0 Å². The second-order valence-electron chi connectivity index (χ2n) is 7.49. The average Bonchev–Trinajstić information content (AvgIpc) is 3.13. The highest BCUT2D eigenvalue weighted by molar-refractivity contribution is 5.76. The van der Waals surface area contributed by atoms with E-state index in [4.69, 9.17) is 4.74 Å². The van der Waals surface area contributed by atoms with Gasteiger partial charge >= 0.3 is 0 Å². The van der Waals surface area contributed by atoms with Gasteiger partial charge in [-0.2, -0.15) is 5.10 Å². The predicted molar refractivity (Wildman–Crippen MR) is 106 cm³/mol. The van der Waals surface area contributed by atoms with Crippen molar-refractivity contribution < 1.29 is 9.53 Å². The third-order valence-corrected chi connectivity index (χ3v) is 4.96. The Morgan fingerprint density at radius 1 is 1.26 bits per heavy atom. The third kappa shape index (κ3) is 5.65. The van der Waals surface area contributed by atoms with Crippen LogP contribution in [0.2, 0.25) is 0 Å². The van der Waals surface area contributed by atoms with Crippen molar-refractivity contribution in [2.24, 2.45) is 0 Å². The number of carbonyl (C=O) groups is 1. The lowest BCUT2D eigenvalue weighted by molar-refractivity contribution is -0.121. The topological polar surface area (TPSA) is 59.4 Å². The fourth-order valence-electron chi connectivity index (χ4n) is 3.53. The number of benzene rings is 1. The smallest absolute Gasteiger partial charge is 0.220 e. The van der Waals surface area contributed by atoms with Crippen LogP contribution in [0.3, 0.4) is 0 Å². The molecule has 146 valence electrons. The van der Waals surface area contributed by atoms with Crippen molar-refractivity contribution in [3.05, 3.63) is 48.3 Å². The summed E-state index contributed by atoms with van der Waals surface area (Å²) in [5.41, 5.74) is 2.09. The number of para-hydroxylation sites is 1. The minimum atomic E-state index is 0.0867. The van der Waals surface area contributed by atoms with Gasteiger partial charge in [-0.3, -0.25) is 9.69 Å². The van der Waals surface area contributed by atoms with E-state index >= 15 is 0 Å². The van der Waals surface area contributed by atoms with Crippen molar-refractivity contribution in [3.8, 4) is 5.69 Å². The summed E-state index contributed by atoms with van der Waals surface area (Å²) < 4.78 is 7.62. The first kappa shape index (κ1) is 19.6. The van der Waals surface area contributed by atoms with Gasteiger partial charge in [-0.25, -0.2) is 4.68 Å². The molecule has 0 unspecified atom stereocenters. The van der Waals surface area contributed by atoms with E-state index in [1.54, 1.807) is 0 Å². The molecule has 2 aromatic rings. The molecule has 3 atom stereocenters. The maximum absolute atomic E-state index is 12.2. The summed E-state index contributed by atoms with van der Waals surface area (Å²) in [6, 6.07) is 10.3. The number of hydrogen-bond donors (Lipinski definition) is 1. The molecule has 0 bridgehead atoms. The number of morpholine rings is 1. The van der Waals surface area contributed by atoms with Crippen LogP contribution in [0.25, 0.3) is 5.69 Å². The molecule has 1 aromatic heterocycles. The molecule has 1 N–H and O–H groups in total. The van der Waals surface area contributed by atoms with Gasteiger partial charge in [0, 0.05) is 38.3 Å². The first-order valence-electron chi connectivity index (χ1n) is 9.76. The lowest BCUT2D eigenvalue weighted by atomic mass is 10.1. The van der Waals surface area contributed by atoms with E-state index < -0.39 is 0 Å². The van der Waals surface area contributed by atoms with Crippen molar-refractivity contribution >= 4 is 5.91 Å². The molecule has 1 fully saturated rings. The molecule has 1 aliphatic rings. The normalized spacial score (nSPS) is 21.7. The van der Waals surface area contributed by atoms with Gasteiger partial charge in [0.05, 0.1) is 24.1 Å². The Morgan fingerprint density at radius 2 is 1.96 bits per heavy atom. The van der Waals surface area contributed by atoms with Crippen LogP contribution in [0.1, 0.15) is 32.8 Å². The summed E-state index contributed by atoms with van der Waals surface area (Å²) in [5.74, 6) is 0.0867. The van der Waals surface area contributed by atoms with Crippen molar-refractivity contribution in [2.45, 2.75) is 51.9 Å². The van der Waals surface area contributed by atoms with E-state index in [9.17, 15) is 4.79 Å². The quantitative estimate of drug-likeness (QED) is 0.813. The number of rotatable bonds is 7. The highest BCUT2D eigenvalue weighted by Crippen LogP contribution is 2.13. The first-order chi connectivity index (χ1) is 13.0. The molecule has 2 heterocycles. The molecule has 0 radical (unpaired) electrons. The van der Waals surface area contributed by atoms with Crippen molar-refractivity contribution in [2.75, 3.05) is 19.6 Å². The molecule has 0 aliphatic carbocycles. The van der Waals surface area contributed by atoms with Crippen molar-refractivity contribution in [1.82, 2.24) is 20.0 Å². The summed E-state index contributed by atoms with van der Waals surface area (Å²) >= 11 is 0. The van der Waals surface area contributed by atoms with E-state index in [2.05, 4.69) is 36.1 Å². The number of aryl methyl sites for hydroxylation is 1. The minimum Gasteiger partial charge on any atom is -0.373 e. The lowest BCUT2D eigenvalue weighted by Crippen LogP contribution is -2.52. The van der Waals surface area contributed by atoms with Crippen LogP contribution in [-0.2, 0) is 16.0 Å². The fourth-order valence-corrected chi connectivity index (χ4v) is 3.53. The number of nitrogens with zero attached hydrogens (tertiary/aromatic N) is 3. The van der Waals surface area contributed by atoms with Gasteiger partial charge in [0.15, 0.2) is 0 Å². The zero-order valence-corrected chi connectivity index (χ0v) is 16.5. The van der Waals surface area contributed by atoms with E-state index in [-0.39, 0.29) is 18.1 Å². The fraction of sp³-hybridized carbons (Fsp3) is 0.524. The number of nitrogens with one attached hydrogen (secondary N) is 1. The standard InChI is InChI=1S/C21H30N4O2/c1-16(24-13-17(2)27-18(3)14-24)11-22-21(26)10-9-19-12-23-25(15-19)20-7-5-4-6-8-20/h4-8,12,15-18H,9-11,13-14H2,1-3H3,(H,22,26)/t16-,17-,18+/m1/s1. The Labute approximate surface area is 161 Å². The predicted octanol–water partition coefficient (Wildman–Crippen LogP) is 2.42. The molecular formula is C21H30N4O2. The van der Waals surface area contributed by atoms with Gasteiger partial charge in [0.25, 0.3) is 0 Å². The van der Waals surface area contributed by atoms with Gasteiger partial charge < -0.3 is 10.1 Å². The van der Waals surface area contributed by atoms with E-state index in [0.717, 1.165) is 24.3 Å². The largest absolute Gasteiger partial charge is 0.373 e. The molecule has 0 saturated carbocycles. The number of ether oxygens (including phenoxy) is 1. The second kappa shape index (κ2) is 9.15. The van der Waals surface area contributed by atoms with Crippen molar-refractivity contribution in [1.29, 1.82) is 0 Å². The Balaban J connectivity index is 1.41. The molecule has 1 aromatic carbocycles. The van der Waals surface area contributed by atoms with Crippen LogP contribution < -0.4 is 5.32 Å².